The average Bonchev–Trinajstić information content (AvgIpc) is 3.07. The normalized spacial score (nSPS) is 28.2. The maximum atomic E-state index is 12.7. The van der Waals surface area contributed by atoms with Crippen molar-refractivity contribution >= 4 is 5.91 Å². The fourth-order valence-electron chi connectivity index (χ4n) is 3.72. The summed E-state index contributed by atoms with van der Waals surface area (Å²) in [5.41, 5.74) is -0.177. The Kier molecular flexibility index (Phi) is 3.86. The van der Waals surface area contributed by atoms with Crippen molar-refractivity contribution in [1.29, 1.82) is 0 Å². The van der Waals surface area contributed by atoms with Gasteiger partial charge in [0, 0.05) is 18.7 Å². The van der Waals surface area contributed by atoms with E-state index in [2.05, 4.69) is 0 Å². The van der Waals surface area contributed by atoms with Crippen molar-refractivity contribution < 1.29 is 29.2 Å². The quantitative estimate of drug-likeness (QED) is 0.778. The van der Waals surface area contributed by atoms with Gasteiger partial charge in [0.2, 0.25) is 6.79 Å². The number of ether oxygens (including phenoxy) is 3. The van der Waals surface area contributed by atoms with Gasteiger partial charge in [0.05, 0.1) is 18.3 Å². The molecule has 0 bridgehead atoms. The van der Waals surface area contributed by atoms with Crippen molar-refractivity contribution in [2.24, 2.45) is 0 Å². The summed E-state index contributed by atoms with van der Waals surface area (Å²) in [5.74, 6) is 1.16. The Bertz CT molecular complexity index is 640. The molecule has 3 aliphatic rings. The molecule has 2 atom stereocenters. The van der Waals surface area contributed by atoms with E-state index >= 15 is 0 Å². The number of hydrogen-bond donors (Lipinski definition) is 2. The predicted molar refractivity (Wildman–Crippen MR) is 83.0 cm³/mol. The molecule has 130 valence electrons. The zero-order valence-electron chi connectivity index (χ0n) is 13.3. The van der Waals surface area contributed by atoms with Gasteiger partial charge in [0.15, 0.2) is 11.5 Å². The summed E-state index contributed by atoms with van der Waals surface area (Å²) in [6.45, 7) is 1.58. The third-order valence-corrected chi connectivity index (χ3v) is 5.22. The number of fused-ring (bicyclic) bond motifs is 1. The first kappa shape index (κ1) is 15.7. The van der Waals surface area contributed by atoms with Crippen LogP contribution in [0.4, 0.5) is 0 Å². The number of rotatable bonds is 1. The molecule has 24 heavy (non-hydrogen) atoms. The van der Waals surface area contributed by atoms with Crippen molar-refractivity contribution in [2.45, 2.75) is 37.1 Å². The zero-order valence-corrected chi connectivity index (χ0v) is 13.3. The monoisotopic (exact) mass is 335 g/mol. The third kappa shape index (κ3) is 2.53. The molecule has 0 aromatic heterocycles. The fourth-order valence-corrected chi connectivity index (χ4v) is 3.72. The Balaban J connectivity index is 1.45. The molecule has 4 rings (SSSR count). The molecule has 0 aliphatic carbocycles. The molecule has 3 aliphatic heterocycles. The molecule has 0 unspecified atom stereocenters. The lowest BCUT2D eigenvalue weighted by Crippen LogP contribution is -2.60. The van der Waals surface area contributed by atoms with E-state index in [4.69, 9.17) is 14.2 Å². The minimum absolute atomic E-state index is 0.0750. The third-order valence-electron chi connectivity index (χ3n) is 5.22. The van der Waals surface area contributed by atoms with Crippen molar-refractivity contribution in [3.05, 3.63) is 23.8 Å². The highest BCUT2D eigenvalue weighted by atomic mass is 16.7. The predicted octanol–water partition coefficient (Wildman–Crippen LogP) is 0.532. The molecule has 2 saturated heterocycles. The fraction of sp³-hybridized carbons (Fsp3) is 0.588. The maximum Gasteiger partial charge on any atom is 0.253 e. The summed E-state index contributed by atoms with van der Waals surface area (Å²) in [7, 11) is 0. The Morgan fingerprint density at radius 2 is 1.92 bits per heavy atom. The van der Waals surface area contributed by atoms with Gasteiger partial charge in [0.25, 0.3) is 5.91 Å². The van der Waals surface area contributed by atoms with Crippen LogP contribution < -0.4 is 9.47 Å². The van der Waals surface area contributed by atoms with Crippen LogP contribution in [0.5, 0.6) is 11.5 Å². The second-order valence-electron chi connectivity index (χ2n) is 6.57. The van der Waals surface area contributed by atoms with Crippen LogP contribution in [0.25, 0.3) is 0 Å². The summed E-state index contributed by atoms with van der Waals surface area (Å²) in [4.78, 5) is 14.4. The van der Waals surface area contributed by atoms with Crippen molar-refractivity contribution in [1.82, 2.24) is 4.90 Å². The lowest BCUT2D eigenvalue weighted by atomic mass is 9.80. The number of aliphatic hydroxyl groups is 2. The first-order valence-corrected chi connectivity index (χ1v) is 8.28. The van der Waals surface area contributed by atoms with E-state index in [-0.39, 0.29) is 12.7 Å². The smallest absolute Gasteiger partial charge is 0.253 e. The number of carbonyl (C=O) groups is 1. The maximum absolute atomic E-state index is 12.7. The number of aliphatic hydroxyl groups excluding tert-OH is 2. The lowest BCUT2D eigenvalue weighted by molar-refractivity contribution is -0.212. The highest BCUT2D eigenvalue weighted by Crippen LogP contribution is 2.37. The Labute approximate surface area is 139 Å². The summed E-state index contributed by atoms with van der Waals surface area (Å²) in [5, 5.41) is 20.2. The highest BCUT2D eigenvalue weighted by molar-refractivity contribution is 5.95. The van der Waals surface area contributed by atoms with Crippen molar-refractivity contribution in [3.63, 3.8) is 0 Å². The molecule has 7 nitrogen and oxygen atoms in total. The van der Waals surface area contributed by atoms with E-state index in [1.165, 1.54) is 0 Å². The second-order valence-corrected chi connectivity index (χ2v) is 6.57. The van der Waals surface area contributed by atoms with Gasteiger partial charge in [-0.2, -0.15) is 0 Å². The first-order chi connectivity index (χ1) is 11.6. The van der Waals surface area contributed by atoms with E-state index in [0.29, 0.717) is 56.0 Å². The number of amides is 1. The molecule has 1 amide bonds. The number of likely N-dealkylation sites (tertiary alicyclic amines) is 1. The minimum atomic E-state index is -0.894. The molecule has 1 aromatic rings. The van der Waals surface area contributed by atoms with Crippen LogP contribution in [0.2, 0.25) is 0 Å². The highest BCUT2D eigenvalue weighted by Gasteiger charge is 2.48. The number of carbonyl (C=O) groups excluding carboxylic acids is 1. The van der Waals surface area contributed by atoms with E-state index in [1.54, 1.807) is 23.1 Å². The second kappa shape index (κ2) is 5.91. The van der Waals surface area contributed by atoms with Crippen molar-refractivity contribution in [2.75, 3.05) is 26.5 Å². The Morgan fingerprint density at radius 1 is 1.17 bits per heavy atom. The standard InChI is InChI=1S/C17H21NO6/c19-12-3-8-24-17(15(12)20)4-6-18(7-5-17)16(21)11-1-2-13-14(9-11)23-10-22-13/h1-2,9,12,15,19-20H,3-8,10H2/t12-,15-/m0/s1. The van der Waals surface area contributed by atoms with Gasteiger partial charge in [0.1, 0.15) is 6.10 Å². The number of hydrogen-bond acceptors (Lipinski definition) is 6. The molecular weight excluding hydrogens is 314 g/mol. The van der Waals surface area contributed by atoms with Crippen LogP contribution in [0.15, 0.2) is 18.2 Å². The molecule has 2 fully saturated rings. The van der Waals surface area contributed by atoms with Gasteiger partial charge in [-0.1, -0.05) is 0 Å². The number of nitrogens with zero attached hydrogens (tertiary/aromatic N) is 1. The van der Waals surface area contributed by atoms with Crippen molar-refractivity contribution in [3.8, 4) is 11.5 Å². The number of piperidine rings is 1. The van der Waals surface area contributed by atoms with Gasteiger partial charge in [-0.25, -0.2) is 0 Å². The summed E-state index contributed by atoms with van der Waals surface area (Å²) in [6.07, 6.45) is -0.171. The van der Waals surface area contributed by atoms with E-state index in [0.717, 1.165) is 0 Å². The van der Waals surface area contributed by atoms with Gasteiger partial charge >= 0.3 is 0 Å². The summed E-state index contributed by atoms with van der Waals surface area (Å²) >= 11 is 0. The van der Waals surface area contributed by atoms with E-state index in [9.17, 15) is 15.0 Å². The topological polar surface area (TPSA) is 88.5 Å². The molecule has 2 N–H and O–H groups in total. The van der Waals surface area contributed by atoms with Gasteiger partial charge < -0.3 is 29.3 Å². The SMILES string of the molecule is O=C(c1ccc2c(c1)OCO2)N1CCC2(CC1)OCC[C@H](O)[C@@H]2O. The number of benzene rings is 1. The molecule has 0 radical (unpaired) electrons. The van der Waals surface area contributed by atoms with Gasteiger partial charge in [-0.15, -0.1) is 0 Å². The summed E-state index contributed by atoms with van der Waals surface area (Å²) < 4.78 is 16.4. The van der Waals surface area contributed by atoms with Gasteiger partial charge in [-0.05, 0) is 37.5 Å². The van der Waals surface area contributed by atoms with Crippen LogP contribution in [0.1, 0.15) is 29.6 Å². The van der Waals surface area contributed by atoms with Crippen LogP contribution in [0, 0.1) is 0 Å². The Hall–Kier alpha value is -1.83. The van der Waals surface area contributed by atoms with E-state index < -0.39 is 17.8 Å². The molecule has 7 heteroatoms. The van der Waals surface area contributed by atoms with Gasteiger partial charge in [-0.3, -0.25) is 4.79 Å². The molecule has 1 aromatic carbocycles. The average molecular weight is 335 g/mol. The van der Waals surface area contributed by atoms with Crippen LogP contribution in [-0.4, -0.2) is 65.3 Å². The Morgan fingerprint density at radius 3 is 2.71 bits per heavy atom. The lowest BCUT2D eigenvalue weighted by Gasteiger charge is -2.48. The van der Waals surface area contributed by atoms with Crippen LogP contribution in [0.3, 0.4) is 0 Å². The molecule has 0 saturated carbocycles. The van der Waals surface area contributed by atoms with Crippen LogP contribution >= 0.6 is 0 Å². The summed E-state index contributed by atoms with van der Waals surface area (Å²) in [6, 6.07) is 5.17. The van der Waals surface area contributed by atoms with E-state index in [1.807, 2.05) is 0 Å². The minimum Gasteiger partial charge on any atom is -0.454 e. The first-order valence-electron chi connectivity index (χ1n) is 8.28. The zero-order chi connectivity index (χ0) is 16.7. The molecular formula is C17H21NO6. The molecule has 1 spiro atoms. The largest absolute Gasteiger partial charge is 0.454 e. The molecule has 3 heterocycles. The van der Waals surface area contributed by atoms with Crippen LogP contribution in [-0.2, 0) is 4.74 Å².